The molecule has 12 nitrogen and oxygen atoms in total. The van der Waals surface area contributed by atoms with Crippen molar-refractivity contribution >= 4 is 35.3 Å². The number of aliphatic imine (C=N–C) groups is 1. The number of ether oxygens (including phenoxy) is 2. The van der Waals surface area contributed by atoms with Crippen molar-refractivity contribution in [2.45, 2.75) is 76.5 Å². The first-order chi connectivity index (χ1) is 21.9. The van der Waals surface area contributed by atoms with Crippen LogP contribution in [-0.4, -0.2) is 76.3 Å². The number of rotatable bonds is 10. The van der Waals surface area contributed by atoms with Gasteiger partial charge >= 0.3 is 5.97 Å². The fraction of sp³-hybridized carbons (Fsp3) is 0.394. The molecule has 236 valence electrons. The van der Waals surface area contributed by atoms with E-state index < -0.39 is 48.1 Å². The normalized spacial score (nSPS) is 23.8. The maximum absolute atomic E-state index is 14.0. The third kappa shape index (κ3) is 7.63. The van der Waals surface area contributed by atoms with E-state index in [2.05, 4.69) is 15.6 Å². The van der Waals surface area contributed by atoms with Crippen LogP contribution in [0.3, 0.4) is 0 Å². The molecular formula is C33H37N5O7. The number of cyclic esters (lactones) is 1. The Labute approximate surface area is 261 Å². The molecule has 0 aromatic heterocycles. The summed E-state index contributed by atoms with van der Waals surface area (Å²) in [5.74, 6) is -2.51. The Kier molecular flexibility index (Phi) is 10.4. The number of fused-ring (bicyclic) bond motifs is 1. The van der Waals surface area contributed by atoms with Crippen LogP contribution in [0.5, 0.6) is 0 Å². The molecule has 3 fully saturated rings. The lowest BCUT2D eigenvalue weighted by molar-refractivity contribution is -0.178. The molecular weight excluding hydrogens is 578 g/mol. The molecule has 45 heavy (non-hydrogen) atoms. The molecule has 5 rings (SSSR count). The zero-order chi connectivity index (χ0) is 31.8. The van der Waals surface area contributed by atoms with Crippen LogP contribution in [0.4, 0.5) is 0 Å². The number of esters is 1. The van der Waals surface area contributed by atoms with E-state index in [0.29, 0.717) is 12.0 Å². The van der Waals surface area contributed by atoms with Crippen molar-refractivity contribution in [1.29, 1.82) is 0 Å². The molecule has 2 N–H and O–H groups in total. The van der Waals surface area contributed by atoms with E-state index in [9.17, 15) is 24.0 Å². The molecule has 2 aromatic rings. The van der Waals surface area contributed by atoms with Gasteiger partial charge in [-0.15, -0.1) is 0 Å². The fourth-order valence-corrected chi connectivity index (χ4v) is 5.56. The second kappa shape index (κ2) is 14.8. The van der Waals surface area contributed by atoms with E-state index >= 15 is 0 Å². The second-order valence-corrected chi connectivity index (χ2v) is 11.0. The molecule has 4 atom stereocenters. The summed E-state index contributed by atoms with van der Waals surface area (Å²) in [5, 5.41) is 8.08. The number of carbonyl (C=O) groups is 5. The molecule has 0 unspecified atom stereocenters. The molecule has 0 bridgehead atoms. The predicted octanol–water partition coefficient (Wildman–Crippen LogP) is 2.39. The highest BCUT2D eigenvalue weighted by molar-refractivity contribution is 6.45. The van der Waals surface area contributed by atoms with E-state index in [-0.39, 0.29) is 50.5 Å². The summed E-state index contributed by atoms with van der Waals surface area (Å²) in [6.07, 6.45) is 3.83. The van der Waals surface area contributed by atoms with Crippen molar-refractivity contribution in [3.05, 3.63) is 84.1 Å². The van der Waals surface area contributed by atoms with Gasteiger partial charge in [0.25, 0.3) is 11.8 Å². The number of carbonyl (C=O) groups excluding carboxylic acids is 5. The Bertz CT molecular complexity index is 1460. The Morgan fingerprint density at radius 3 is 2.49 bits per heavy atom. The average molecular weight is 616 g/mol. The zero-order valence-corrected chi connectivity index (χ0v) is 25.1. The van der Waals surface area contributed by atoms with E-state index in [1.54, 1.807) is 36.5 Å². The van der Waals surface area contributed by atoms with E-state index in [4.69, 9.17) is 9.47 Å². The Morgan fingerprint density at radius 1 is 1.02 bits per heavy atom. The molecule has 0 aliphatic carbocycles. The van der Waals surface area contributed by atoms with Gasteiger partial charge in [-0.1, -0.05) is 73.7 Å². The van der Waals surface area contributed by atoms with Gasteiger partial charge in [0.15, 0.2) is 0 Å². The molecule has 12 heteroatoms. The Hall–Kier alpha value is -4.84. The van der Waals surface area contributed by atoms with Crippen molar-refractivity contribution < 1.29 is 33.4 Å². The highest BCUT2D eigenvalue weighted by atomic mass is 16.7. The summed E-state index contributed by atoms with van der Waals surface area (Å²) in [4.78, 5) is 70.8. The number of nitrogens with one attached hydrogen (secondary N) is 2. The molecule has 3 aliphatic heterocycles. The number of hydrazine groups is 1. The average Bonchev–Trinajstić information content (AvgIpc) is 3.36. The zero-order valence-electron chi connectivity index (χ0n) is 25.1. The lowest BCUT2D eigenvalue weighted by atomic mass is 10.0. The van der Waals surface area contributed by atoms with Gasteiger partial charge in [-0.05, 0) is 31.2 Å². The lowest BCUT2D eigenvalue weighted by Crippen LogP contribution is -2.64. The topological polar surface area (TPSA) is 147 Å². The van der Waals surface area contributed by atoms with Crippen molar-refractivity contribution in [3.8, 4) is 0 Å². The van der Waals surface area contributed by atoms with Crippen LogP contribution in [-0.2, 0) is 40.1 Å². The number of allylic oxidation sites excluding steroid dienone is 1. The summed E-state index contributed by atoms with van der Waals surface area (Å²) in [6, 6.07) is 15.3. The van der Waals surface area contributed by atoms with Crippen LogP contribution in [0, 0.1) is 0 Å². The first-order valence-electron chi connectivity index (χ1n) is 15.2. The minimum absolute atomic E-state index is 0.00937. The first-order valence-corrected chi connectivity index (χ1v) is 15.2. The van der Waals surface area contributed by atoms with Gasteiger partial charge < -0.3 is 20.1 Å². The molecule has 0 radical (unpaired) electrons. The summed E-state index contributed by atoms with van der Waals surface area (Å²) >= 11 is 0. The van der Waals surface area contributed by atoms with Crippen LogP contribution < -0.4 is 10.6 Å². The Morgan fingerprint density at radius 2 is 1.76 bits per heavy atom. The summed E-state index contributed by atoms with van der Waals surface area (Å²) in [6.45, 7) is 2.38. The van der Waals surface area contributed by atoms with Gasteiger partial charge in [0.05, 0.1) is 13.0 Å². The van der Waals surface area contributed by atoms with E-state index in [1.807, 2.05) is 43.3 Å². The largest absolute Gasteiger partial charge is 0.433 e. The van der Waals surface area contributed by atoms with Gasteiger partial charge in [-0.25, -0.2) is 5.01 Å². The van der Waals surface area contributed by atoms with Gasteiger partial charge in [0.1, 0.15) is 23.8 Å². The third-order valence-electron chi connectivity index (χ3n) is 7.82. The molecule has 0 saturated carbocycles. The summed E-state index contributed by atoms with van der Waals surface area (Å²) in [7, 11) is 0. The van der Waals surface area contributed by atoms with Crippen LogP contribution in [0.25, 0.3) is 0 Å². The second-order valence-electron chi connectivity index (χ2n) is 11.0. The van der Waals surface area contributed by atoms with Gasteiger partial charge in [-0.2, -0.15) is 0 Å². The Balaban J connectivity index is 1.31. The maximum atomic E-state index is 14.0. The number of nitrogens with zero attached hydrogens (tertiary/aromatic N) is 3. The van der Waals surface area contributed by atoms with Crippen molar-refractivity contribution in [3.63, 3.8) is 0 Å². The molecule has 4 amide bonds. The van der Waals surface area contributed by atoms with E-state index in [1.165, 1.54) is 10.0 Å². The smallest absolute Gasteiger partial charge is 0.310 e. The number of amides is 4. The molecule has 3 aliphatic rings. The van der Waals surface area contributed by atoms with Gasteiger partial charge in [0.2, 0.25) is 18.1 Å². The molecule has 3 heterocycles. The number of hydrogen-bond acceptors (Lipinski definition) is 8. The van der Waals surface area contributed by atoms with Crippen LogP contribution in [0.2, 0.25) is 0 Å². The molecule has 0 spiro atoms. The SMILES string of the molecule is CC/C=C\N=C(C(=O)N[C@H]1CCC(=O)N2CCC[C@@H](C(=O)N[C@H]3CC(=O)O[C@@H]3OCc3ccccc3)N2C1=O)c1ccccc1. The molecule has 2 aromatic carbocycles. The van der Waals surface area contributed by atoms with Crippen LogP contribution in [0.1, 0.15) is 56.6 Å². The highest BCUT2D eigenvalue weighted by Crippen LogP contribution is 2.26. The first kappa shape index (κ1) is 31.6. The quantitative estimate of drug-likeness (QED) is 0.308. The maximum Gasteiger partial charge on any atom is 0.310 e. The van der Waals surface area contributed by atoms with Crippen molar-refractivity contribution in [2.24, 2.45) is 4.99 Å². The van der Waals surface area contributed by atoms with Crippen molar-refractivity contribution in [1.82, 2.24) is 20.7 Å². The third-order valence-corrected chi connectivity index (χ3v) is 7.82. The van der Waals surface area contributed by atoms with Gasteiger partial charge in [0, 0.05) is 24.7 Å². The standard InChI is InChI=1S/C33H37N5O7/c1-2-3-18-34-29(23-13-8-5-9-14-23)31(42)35-24-16-17-27(39)37-19-10-15-26(38(37)32(24)43)30(41)36-25-20-28(40)45-33(25)44-21-22-11-6-4-7-12-22/h3-9,11-14,18,24-26,33H,2,10,15-17,19-21H2,1H3,(H,35,42)(H,36,41)/b18-3-,34-29?/t24-,25-,26-,33-/m0/s1. The van der Waals surface area contributed by atoms with Crippen LogP contribution in [0.15, 0.2) is 77.9 Å². The number of hydrogen-bond donors (Lipinski definition) is 2. The van der Waals surface area contributed by atoms with E-state index in [0.717, 1.165) is 12.0 Å². The lowest BCUT2D eigenvalue weighted by Gasteiger charge is -2.43. The van der Waals surface area contributed by atoms with Crippen LogP contribution >= 0.6 is 0 Å². The molecule has 3 saturated heterocycles. The summed E-state index contributed by atoms with van der Waals surface area (Å²) < 4.78 is 11.1. The highest BCUT2D eigenvalue weighted by Gasteiger charge is 2.46. The van der Waals surface area contributed by atoms with Crippen molar-refractivity contribution in [2.75, 3.05) is 6.54 Å². The minimum Gasteiger partial charge on any atom is -0.433 e. The predicted molar refractivity (Wildman–Crippen MR) is 163 cm³/mol. The fourth-order valence-electron chi connectivity index (χ4n) is 5.56. The van der Waals surface area contributed by atoms with Gasteiger partial charge in [-0.3, -0.25) is 34.0 Å². The number of benzene rings is 2. The summed E-state index contributed by atoms with van der Waals surface area (Å²) in [5.41, 5.74) is 1.57. The minimum atomic E-state index is -1.07. The monoisotopic (exact) mass is 615 g/mol.